The third kappa shape index (κ3) is 2.78. The molecule has 0 saturated heterocycles. The first kappa shape index (κ1) is 15.9. The molecular formula is C16H16F2N6. The Morgan fingerprint density at radius 3 is 2.83 bits per heavy atom. The molecule has 0 bridgehead atoms. The second-order valence-electron chi connectivity index (χ2n) is 5.41. The average Bonchev–Trinajstić information content (AvgIpc) is 3.12. The molecule has 0 aliphatic carbocycles. The Kier molecular flexibility index (Phi) is 4.11. The van der Waals surface area contributed by atoms with Gasteiger partial charge in [0.15, 0.2) is 0 Å². The van der Waals surface area contributed by atoms with Gasteiger partial charge in [0.05, 0.1) is 11.4 Å². The molecule has 8 heteroatoms. The summed E-state index contributed by atoms with van der Waals surface area (Å²) in [7, 11) is 0. The van der Waals surface area contributed by atoms with Crippen LogP contribution in [-0.4, -0.2) is 21.1 Å². The van der Waals surface area contributed by atoms with E-state index in [1.54, 1.807) is 0 Å². The number of amidine groups is 1. The first-order chi connectivity index (χ1) is 11.5. The van der Waals surface area contributed by atoms with Gasteiger partial charge in [0.2, 0.25) is 0 Å². The number of aryl methyl sites for hydroxylation is 1. The molecule has 0 radical (unpaired) electrons. The maximum atomic E-state index is 14.2. The molecule has 2 aromatic rings. The highest BCUT2D eigenvalue weighted by molar-refractivity contribution is 6.11. The summed E-state index contributed by atoms with van der Waals surface area (Å²) in [4.78, 5) is 4.46. The summed E-state index contributed by atoms with van der Waals surface area (Å²) in [6.07, 6.45) is 4.48. The maximum Gasteiger partial charge on any atom is 0.143 e. The minimum absolute atomic E-state index is 0.0652. The van der Waals surface area contributed by atoms with E-state index in [0.29, 0.717) is 17.9 Å². The number of nitrogens with zero attached hydrogens (tertiary/aromatic N) is 3. The first-order valence-electron chi connectivity index (χ1n) is 7.36. The third-order valence-electron chi connectivity index (χ3n) is 3.84. The zero-order valence-corrected chi connectivity index (χ0v) is 12.8. The Balaban J connectivity index is 2.11. The normalized spacial score (nSPS) is 14.3. The molecule has 0 fully saturated rings. The van der Waals surface area contributed by atoms with E-state index in [-0.39, 0.29) is 17.1 Å². The van der Waals surface area contributed by atoms with E-state index in [4.69, 9.17) is 17.0 Å². The fourth-order valence-electron chi connectivity index (χ4n) is 2.76. The summed E-state index contributed by atoms with van der Waals surface area (Å²) in [6, 6.07) is 3.31. The molecule has 5 N–H and O–H groups in total. The zero-order chi connectivity index (χ0) is 17.3. The minimum Gasteiger partial charge on any atom is -0.382 e. The van der Waals surface area contributed by atoms with Gasteiger partial charge in [0, 0.05) is 24.6 Å². The van der Waals surface area contributed by atoms with E-state index in [1.165, 1.54) is 24.3 Å². The maximum absolute atomic E-state index is 14.2. The molecule has 1 aromatic carbocycles. The van der Waals surface area contributed by atoms with Crippen LogP contribution in [0.5, 0.6) is 0 Å². The Labute approximate surface area is 137 Å². The topological polar surface area (TPSA) is 106 Å². The smallest absolute Gasteiger partial charge is 0.143 e. The number of benzene rings is 1. The molecule has 24 heavy (non-hydrogen) atoms. The summed E-state index contributed by atoms with van der Waals surface area (Å²) in [5.41, 5.74) is 6.54. The number of aromatic nitrogens is 2. The van der Waals surface area contributed by atoms with Crippen LogP contribution < -0.4 is 11.6 Å². The molecule has 1 aromatic heterocycles. The second-order valence-corrected chi connectivity index (χ2v) is 5.41. The van der Waals surface area contributed by atoms with Crippen LogP contribution in [0.4, 0.5) is 8.78 Å². The summed E-state index contributed by atoms with van der Waals surface area (Å²) in [5, 5.41) is 11.6. The fourth-order valence-corrected chi connectivity index (χ4v) is 2.76. The molecule has 1 aliphatic heterocycles. The van der Waals surface area contributed by atoms with Gasteiger partial charge in [-0.1, -0.05) is 0 Å². The predicted octanol–water partition coefficient (Wildman–Crippen LogP) is 1.93. The second kappa shape index (κ2) is 6.23. The van der Waals surface area contributed by atoms with Gasteiger partial charge in [-0.3, -0.25) is 5.41 Å². The largest absolute Gasteiger partial charge is 0.382 e. The number of nitrogens with two attached hydrogens (primary N) is 2. The van der Waals surface area contributed by atoms with Gasteiger partial charge in [-0.2, -0.15) is 5.10 Å². The quantitative estimate of drug-likeness (QED) is 0.345. The molecule has 0 amide bonds. The van der Waals surface area contributed by atoms with Crippen LogP contribution in [0.1, 0.15) is 17.9 Å². The van der Waals surface area contributed by atoms with E-state index in [1.807, 2.05) is 4.57 Å². The Morgan fingerprint density at radius 2 is 2.12 bits per heavy atom. The Bertz CT molecular complexity index is 866. The predicted molar refractivity (Wildman–Crippen MR) is 87.7 cm³/mol. The number of nitrogens with one attached hydrogen (secondary N) is 1. The van der Waals surface area contributed by atoms with Crippen molar-refractivity contribution in [3.05, 3.63) is 53.5 Å². The highest BCUT2D eigenvalue weighted by Gasteiger charge is 2.25. The minimum atomic E-state index is -0.715. The number of hydrogen-bond donors (Lipinski definition) is 3. The Hall–Kier alpha value is -3.03. The zero-order valence-electron chi connectivity index (χ0n) is 12.8. The van der Waals surface area contributed by atoms with Gasteiger partial charge < -0.3 is 16.1 Å². The summed E-state index contributed by atoms with van der Waals surface area (Å²) in [6.45, 7) is 0.692. The lowest BCUT2D eigenvalue weighted by molar-refractivity contribution is 0.585. The van der Waals surface area contributed by atoms with Gasteiger partial charge in [0.25, 0.3) is 0 Å². The molecular weight excluding hydrogens is 314 g/mol. The molecule has 3 rings (SSSR count). The highest BCUT2D eigenvalue weighted by atomic mass is 19.1. The highest BCUT2D eigenvalue weighted by Crippen LogP contribution is 2.30. The number of allylic oxidation sites excluding steroid dienone is 1. The monoisotopic (exact) mass is 330 g/mol. The van der Waals surface area contributed by atoms with Crippen molar-refractivity contribution in [3.8, 4) is 11.3 Å². The number of hydrazone groups is 1. The average molecular weight is 330 g/mol. The molecule has 0 saturated carbocycles. The van der Waals surface area contributed by atoms with Crippen LogP contribution in [0.25, 0.3) is 11.3 Å². The van der Waals surface area contributed by atoms with Crippen LogP contribution in [0.15, 0.2) is 35.5 Å². The van der Waals surface area contributed by atoms with E-state index in [2.05, 4.69) is 10.1 Å². The van der Waals surface area contributed by atoms with E-state index >= 15 is 0 Å². The van der Waals surface area contributed by atoms with Crippen LogP contribution in [0, 0.1) is 17.0 Å². The van der Waals surface area contributed by atoms with Crippen molar-refractivity contribution in [3.63, 3.8) is 0 Å². The van der Waals surface area contributed by atoms with Crippen molar-refractivity contribution < 1.29 is 8.78 Å². The molecule has 6 nitrogen and oxygen atoms in total. The van der Waals surface area contributed by atoms with Gasteiger partial charge in [0.1, 0.15) is 29.0 Å². The lowest BCUT2D eigenvalue weighted by atomic mass is 10.1. The van der Waals surface area contributed by atoms with Crippen LogP contribution in [0.2, 0.25) is 0 Å². The van der Waals surface area contributed by atoms with Crippen LogP contribution >= 0.6 is 0 Å². The molecule has 1 aliphatic rings. The van der Waals surface area contributed by atoms with Crippen molar-refractivity contribution in [2.75, 3.05) is 0 Å². The van der Waals surface area contributed by atoms with Gasteiger partial charge in [-0.05, 0) is 30.7 Å². The number of rotatable bonds is 4. The SMILES string of the molecule is N=C(/C=C\C(N)=N\N)c1c(-c2ccc(F)cc2F)nc2n1CCC2. The molecule has 2 heterocycles. The first-order valence-corrected chi connectivity index (χ1v) is 7.36. The summed E-state index contributed by atoms with van der Waals surface area (Å²) in [5.74, 6) is 4.53. The molecule has 0 unspecified atom stereocenters. The number of hydrogen-bond acceptors (Lipinski definition) is 4. The van der Waals surface area contributed by atoms with E-state index in [9.17, 15) is 8.78 Å². The molecule has 0 atom stereocenters. The van der Waals surface area contributed by atoms with Gasteiger partial charge >= 0.3 is 0 Å². The van der Waals surface area contributed by atoms with Crippen molar-refractivity contribution in [2.24, 2.45) is 16.7 Å². The van der Waals surface area contributed by atoms with Crippen molar-refractivity contribution in [1.29, 1.82) is 5.41 Å². The van der Waals surface area contributed by atoms with Crippen LogP contribution in [0.3, 0.4) is 0 Å². The lowest BCUT2D eigenvalue weighted by Gasteiger charge is -2.08. The fraction of sp³-hybridized carbons (Fsp3) is 0.188. The number of halogens is 2. The third-order valence-corrected chi connectivity index (χ3v) is 3.84. The summed E-state index contributed by atoms with van der Waals surface area (Å²) < 4.78 is 29.2. The lowest BCUT2D eigenvalue weighted by Crippen LogP contribution is -2.12. The Morgan fingerprint density at radius 1 is 1.33 bits per heavy atom. The van der Waals surface area contributed by atoms with Gasteiger partial charge in [-0.15, -0.1) is 0 Å². The number of fused-ring (bicyclic) bond motifs is 1. The summed E-state index contributed by atoms with van der Waals surface area (Å²) >= 11 is 0. The van der Waals surface area contributed by atoms with Crippen molar-refractivity contribution in [1.82, 2.24) is 9.55 Å². The standard InChI is InChI=1S/C16H16F2N6/c17-9-3-4-10(11(18)8-9)15-16(12(19)5-6-13(20)23-21)24-7-1-2-14(24)22-15/h3-6,8,19H,1-2,7,21H2,(H2,20,23)/b6-5-,19-12?. The van der Waals surface area contributed by atoms with Crippen molar-refractivity contribution in [2.45, 2.75) is 19.4 Å². The molecule has 0 spiro atoms. The van der Waals surface area contributed by atoms with E-state index < -0.39 is 11.6 Å². The van der Waals surface area contributed by atoms with Gasteiger partial charge in [-0.25, -0.2) is 13.8 Å². The number of imidazole rings is 1. The van der Waals surface area contributed by atoms with E-state index in [0.717, 1.165) is 24.7 Å². The van der Waals surface area contributed by atoms with Crippen LogP contribution in [-0.2, 0) is 13.0 Å². The molecule has 124 valence electrons. The van der Waals surface area contributed by atoms with Crippen molar-refractivity contribution >= 4 is 11.5 Å².